The van der Waals surface area contributed by atoms with Crippen molar-refractivity contribution in [3.63, 3.8) is 0 Å². The molecule has 1 saturated carbocycles. The number of methoxy groups -OCH3 is 1. The standard InChI is InChI=1S/C24H23N3O4/c1-30-24(29)15-6-8-16(9-7-15)31-21-4-2-3-19-22(21)17(23(28)27-19)11-14-5-10-18-20(12-14)26-13-25-18/h2-5,10-13,15-16,27-28H,6-9H2,1H3/b14-11+. The van der Waals surface area contributed by atoms with Crippen LogP contribution >= 0.6 is 0 Å². The highest BCUT2D eigenvalue weighted by atomic mass is 16.5. The first-order valence-corrected chi connectivity index (χ1v) is 10.4. The van der Waals surface area contributed by atoms with E-state index in [0.29, 0.717) is 5.56 Å². The van der Waals surface area contributed by atoms with Crippen LogP contribution < -0.4 is 15.3 Å². The van der Waals surface area contributed by atoms with Crippen molar-refractivity contribution >= 4 is 35.0 Å². The van der Waals surface area contributed by atoms with Crippen LogP contribution in [0, 0.1) is 5.92 Å². The minimum absolute atomic E-state index is 0.0207. The Morgan fingerprint density at radius 1 is 1.19 bits per heavy atom. The molecule has 2 N–H and O–H groups in total. The average molecular weight is 417 g/mol. The summed E-state index contributed by atoms with van der Waals surface area (Å²) in [5.74, 6) is 0.625. The summed E-state index contributed by atoms with van der Waals surface area (Å²) in [4.78, 5) is 23.3. The fourth-order valence-corrected chi connectivity index (χ4v) is 4.39. The van der Waals surface area contributed by atoms with Crippen LogP contribution in [0.3, 0.4) is 0 Å². The van der Waals surface area contributed by atoms with Gasteiger partial charge in [-0.2, -0.15) is 0 Å². The van der Waals surface area contributed by atoms with E-state index in [4.69, 9.17) is 9.47 Å². The maximum absolute atomic E-state index is 11.8. The molecule has 1 aromatic heterocycles. The lowest BCUT2D eigenvalue weighted by Gasteiger charge is -2.27. The second kappa shape index (κ2) is 7.91. The number of fused-ring (bicyclic) bond motifs is 2. The number of hydrogen-bond donors (Lipinski definition) is 2. The normalized spacial score (nSPS) is 20.5. The number of carbonyl (C=O) groups excluding carboxylic acids is 1. The zero-order valence-electron chi connectivity index (χ0n) is 17.2. The molecule has 1 aliphatic heterocycles. The Labute approximate surface area is 178 Å². The molecule has 3 aromatic rings. The van der Waals surface area contributed by atoms with Gasteiger partial charge in [0, 0.05) is 5.56 Å². The number of aromatic amines is 1. The van der Waals surface area contributed by atoms with Crippen LogP contribution in [0.15, 0.2) is 46.4 Å². The molecule has 7 nitrogen and oxygen atoms in total. The highest BCUT2D eigenvalue weighted by Gasteiger charge is 2.28. The summed E-state index contributed by atoms with van der Waals surface area (Å²) in [5, 5.41) is 13.2. The zero-order valence-corrected chi connectivity index (χ0v) is 17.2. The van der Waals surface area contributed by atoms with Gasteiger partial charge < -0.3 is 19.6 Å². The predicted octanol–water partition coefficient (Wildman–Crippen LogP) is 3.11. The molecule has 0 radical (unpaired) electrons. The molecule has 31 heavy (non-hydrogen) atoms. The number of rotatable bonds is 4. The van der Waals surface area contributed by atoms with Crippen molar-refractivity contribution in [1.29, 1.82) is 0 Å². The van der Waals surface area contributed by atoms with Gasteiger partial charge in [0.15, 0.2) is 5.88 Å². The van der Waals surface area contributed by atoms with E-state index in [1.165, 1.54) is 7.11 Å². The van der Waals surface area contributed by atoms with Gasteiger partial charge in [-0.3, -0.25) is 4.79 Å². The summed E-state index contributed by atoms with van der Waals surface area (Å²) in [7, 11) is 1.43. The molecule has 5 rings (SSSR count). The maximum atomic E-state index is 11.8. The molecule has 2 aliphatic rings. The summed E-state index contributed by atoms with van der Waals surface area (Å²) in [6.07, 6.45) is 6.57. The largest absolute Gasteiger partial charge is 0.494 e. The van der Waals surface area contributed by atoms with Gasteiger partial charge in [-0.25, -0.2) is 9.98 Å². The fraction of sp³-hybridized carbons (Fsp3) is 0.292. The first kappa shape index (κ1) is 19.4. The van der Waals surface area contributed by atoms with Crippen LogP contribution in [0.2, 0.25) is 0 Å². The second-order valence-electron chi connectivity index (χ2n) is 7.95. The minimum atomic E-state index is -0.139. The lowest BCUT2D eigenvalue weighted by atomic mass is 9.87. The maximum Gasteiger partial charge on any atom is 0.308 e. The molecule has 0 saturated heterocycles. The summed E-state index contributed by atoms with van der Waals surface area (Å²) >= 11 is 0. The van der Waals surface area contributed by atoms with Crippen molar-refractivity contribution < 1.29 is 19.4 Å². The topological polar surface area (TPSA) is 96.3 Å². The first-order chi connectivity index (χ1) is 15.1. The van der Waals surface area contributed by atoms with Crippen molar-refractivity contribution in [1.82, 2.24) is 4.98 Å². The first-order valence-electron chi connectivity index (χ1n) is 10.4. The van der Waals surface area contributed by atoms with Gasteiger partial charge in [0.05, 0.1) is 41.1 Å². The molecule has 0 amide bonds. The van der Waals surface area contributed by atoms with Crippen molar-refractivity contribution in [2.45, 2.75) is 31.8 Å². The number of nitrogens with one attached hydrogen (secondary N) is 1. The SMILES string of the molecule is COC(=O)C1CCC(Oc2cccc3[nH]c(O)c(/C=c4\ccc5c(c4)N=CN=5)c23)CC1. The third kappa shape index (κ3) is 3.67. The summed E-state index contributed by atoms with van der Waals surface area (Å²) in [6, 6.07) is 11.6. The van der Waals surface area contributed by atoms with E-state index in [-0.39, 0.29) is 23.9 Å². The molecule has 7 heteroatoms. The smallest absolute Gasteiger partial charge is 0.308 e. The van der Waals surface area contributed by atoms with E-state index in [1.54, 1.807) is 6.34 Å². The molecule has 0 atom stereocenters. The summed E-state index contributed by atoms with van der Waals surface area (Å²) < 4.78 is 11.2. The molecule has 1 fully saturated rings. The van der Waals surface area contributed by atoms with Crippen molar-refractivity contribution in [2.24, 2.45) is 15.9 Å². The third-order valence-electron chi connectivity index (χ3n) is 6.01. The van der Waals surface area contributed by atoms with E-state index >= 15 is 0 Å². The fourth-order valence-electron chi connectivity index (χ4n) is 4.39. The van der Waals surface area contributed by atoms with Crippen LogP contribution in [0.4, 0.5) is 5.69 Å². The second-order valence-corrected chi connectivity index (χ2v) is 7.95. The Morgan fingerprint density at radius 2 is 2.03 bits per heavy atom. The lowest BCUT2D eigenvalue weighted by Crippen LogP contribution is -2.28. The minimum Gasteiger partial charge on any atom is -0.494 e. The van der Waals surface area contributed by atoms with Gasteiger partial charge in [0.25, 0.3) is 0 Å². The van der Waals surface area contributed by atoms with Gasteiger partial charge in [0.2, 0.25) is 0 Å². The molecule has 0 spiro atoms. The Balaban J connectivity index is 1.47. The van der Waals surface area contributed by atoms with Crippen LogP contribution in [0.5, 0.6) is 11.6 Å². The van der Waals surface area contributed by atoms with Crippen LogP contribution in [0.1, 0.15) is 31.2 Å². The Morgan fingerprint density at radius 3 is 2.84 bits per heavy atom. The number of ether oxygens (including phenoxy) is 2. The monoisotopic (exact) mass is 417 g/mol. The molecule has 0 unspecified atom stereocenters. The number of nitrogens with zero attached hydrogens (tertiary/aromatic N) is 2. The lowest BCUT2D eigenvalue weighted by molar-refractivity contribution is -0.147. The van der Waals surface area contributed by atoms with Gasteiger partial charge >= 0.3 is 5.97 Å². The highest BCUT2D eigenvalue weighted by molar-refractivity contribution is 5.96. The van der Waals surface area contributed by atoms with Crippen molar-refractivity contribution in [3.05, 3.63) is 52.5 Å². The van der Waals surface area contributed by atoms with E-state index in [2.05, 4.69) is 15.0 Å². The molecule has 1 aliphatic carbocycles. The molecule has 0 bridgehead atoms. The molecular weight excluding hydrogens is 394 g/mol. The number of aromatic nitrogens is 1. The van der Waals surface area contributed by atoms with Crippen molar-refractivity contribution in [2.75, 3.05) is 7.11 Å². The van der Waals surface area contributed by atoms with Gasteiger partial charge in [-0.05, 0) is 61.2 Å². The Hall–Kier alpha value is -3.61. The van der Waals surface area contributed by atoms with Crippen LogP contribution in [0.25, 0.3) is 17.0 Å². The number of aliphatic imine (C=N–C) groups is 1. The Kier molecular flexibility index (Phi) is 4.94. The van der Waals surface area contributed by atoms with Crippen LogP contribution in [-0.4, -0.2) is 35.6 Å². The van der Waals surface area contributed by atoms with Gasteiger partial charge in [-0.1, -0.05) is 12.1 Å². The number of aromatic hydroxyl groups is 1. The van der Waals surface area contributed by atoms with Gasteiger partial charge in [0.1, 0.15) is 12.1 Å². The summed E-state index contributed by atoms with van der Waals surface area (Å²) in [5.41, 5.74) is 2.29. The molecular formula is C24H23N3O4. The van der Waals surface area contributed by atoms with E-state index in [9.17, 15) is 9.90 Å². The number of benzene rings is 2. The van der Waals surface area contributed by atoms with E-state index < -0.39 is 0 Å². The molecule has 2 heterocycles. The Bertz CT molecular complexity index is 1300. The number of H-pyrrole nitrogens is 1. The zero-order chi connectivity index (χ0) is 21.4. The number of esters is 1. The molecule has 158 valence electrons. The predicted molar refractivity (Wildman–Crippen MR) is 117 cm³/mol. The van der Waals surface area contributed by atoms with E-state index in [0.717, 1.165) is 58.6 Å². The number of hydrogen-bond acceptors (Lipinski definition) is 6. The van der Waals surface area contributed by atoms with Crippen molar-refractivity contribution in [3.8, 4) is 11.6 Å². The van der Waals surface area contributed by atoms with Crippen LogP contribution in [-0.2, 0) is 9.53 Å². The van der Waals surface area contributed by atoms with E-state index in [1.807, 2.05) is 42.5 Å². The number of carbonyl (C=O) groups is 1. The molecule has 2 aromatic carbocycles. The quantitative estimate of drug-likeness (QED) is 0.638. The summed E-state index contributed by atoms with van der Waals surface area (Å²) in [6.45, 7) is 0. The average Bonchev–Trinajstić information content (AvgIpc) is 3.38. The van der Waals surface area contributed by atoms with Gasteiger partial charge in [-0.15, -0.1) is 0 Å². The third-order valence-corrected chi connectivity index (χ3v) is 6.01. The highest BCUT2D eigenvalue weighted by Crippen LogP contribution is 2.37.